The van der Waals surface area contributed by atoms with Gasteiger partial charge in [-0.25, -0.2) is 14.4 Å². The first-order chi connectivity index (χ1) is 15.2. The average molecular weight is 439 g/mol. The predicted molar refractivity (Wildman–Crippen MR) is 122 cm³/mol. The van der Waals surface area contributed by atoms with Crippen LogP contribution in [0.2, 0.25) is 0 Å². The summed E-state index contributed by atoms with van der Waals surface area (Å²) in [7, 11) is 0. The van der Waals surface area contributed by atoms with Crippen LogP contribution in [0.3, 0.4) is 0 Å². The van der Waals surface area contributed by atoms with Gasteiger partial charge in [0.25, 0.3) is 0 Å². The number of aromatic nitrogens is 3. The Kier molecular flexibility index (Phi) is 6.81. The Morgan fingerprint density at radius 2 is 1.68 bits per heavy atom. The molecule has 0 spiro atoms. The number of nitrogens with one attached hydrogen (secondary N) is 1. The van der Waals surface area contributed by atoms with Crippen LogP contribution in [0.5, 0.6) is 0 Å². The van der Waals surface area contributed by atoms with Gasteiger partial charge in [-0.15, -0.1) is 11.3 Å². The van der Waals surface area contributed by atoms with Crippen molar-refractivity contribution >= 4 is 27.4 Å². The van der Waals surface area contributed by atoms with Gasteiger partial charge in [0.1, 0.15) is 22.8 Å². The van der Waals surface area contributed by atoms with Crippen LogP contribution < -0.4 is 5.32 Å². The molecule has 4 rings (SSSR count). The third-order valence-corrected chi connectivity index (χ3v) is 5.85. The molecule has 0 aliphatic rings. The number of anilines is 1. The summed E-state index contributed by atoms with van der Waals surface area (Å²) >= 11 is 1.57. The van der Waals surface area contributed by atoms with E-state index in [0.717, 1.165) is 31.8 Å². The Balaban J connectivity index is 1.83. The first-order valence-corrected chi connectivity index (χ1v) is 10.9. The second kappa shape index (κ2) is 9.91. The minimum absolute atomic E-state index is 0.278. The Labute approximate surface area is 184 Å². The number of rotatable bonds is 9. The van der Waals surface area contributed by atoms with Crippen LogP contribution in [0.25, 0.3) is 31.8 Å². The summed E-state index contributed by atoms with van der Waals surface area (Å²) in [5.41, 5.74) is 2.87. The smallest absolute Gasteiger partial charge is 0.174 e. The monoisotopic (exact) mass is 438 g/mol. The Bertz CT molecular complexity index is 1130. The van der Waals surface area contributed by atoms with E-state index in [1.807, 2.05) is 26.0 Å². The van der Waals surface area contributed by atoms with E-state index in [0.29, 0.717) is 25.6 Å². The number of halogens is 1. The van der Waals surface area contributed by atoms with Gasteiger partial charge in [-0.2, -0.15) is 0 Å². The topological polar surface area (TPSA) is 69.2 Å². The maximum absolute atomic E-state index is 13.6. The highest BCUT2D eigenvalue weighted by atomic mass is 32.1. The highest BCUT2D eigenvalue weighted by Gasteiger charge is 2.21. The Morgan fingerprint density at radius 1 is 0.968 bits per heavy atom. The maximum atomic E-state index is 13.6. The molecule has 3 heterocycles. The maximum Gasteiger partial charge on any atom is 0.174 e. The predicted octanol–water partition coefficient (Wildman–Crippen LogP) is 5.37. The van der Waals surface area contributed by atoms with Crippen LogP contribution in [0, 0.1) is 5.82 Å². The summed E-state index contributed by atoms with van der Waals surface area (Å²) < 4.78 is 24.9. The number of hydrogen-bond acceptors (Lipinski definition) is 7. The zero-order valence-corrected chi connectivity index (χ0v) is 18.2. The van der Waals surface area contributed by atoms with Crippen LogP contribution >= 0.6 is 11.3 Å². The number of fused-ring (bicyclic) bond motifs is 1. The standard InChI is InChI=1S/C23H23FN4O2S/c1-3-29-18(30-4-2)13-26-22-20-19(15-5-7-17(24)8-6-15)21(16-9-11-25-12-10-16)31-23(20)28-14-27-22/h5-12,14,18H,3-4,13H2,1-2H3,(H,26,27,28). The number of hydrogen-bond donors (Lipinski definition) is 1. The van der Waals surface area contributed by atoms with Crippen molar-refractivity contribution in [2.45, 2.75) is 20.1 Å². The van der Waals surface area contributed by atoms with Crippen molar-refractivity contribution in [3.8, 4) is 21.6 Å². The molecule has 0 aliphatic heterocycles. The van der Waals surface area contributed by atoms with Gasteiger partial charge in [-0.1, -0.05) is 12.1 Å². The largest absolute Gasteiger partial charge is 0.364 e. The summed E-state index contributed by atoms with van der Waals surface area (Å²) in [6.07, 6.45) is 4.68. The third-order valence-electron chi connectivity index (χ3n) is 4.70. The van der Waals surface area contributed by atoms with Gasteiger partial charge in [0.15, 0.2) is 6.29 Å². The van der Waals surface area contributed by atoms with Crippen LogP contribution in [-0.4, -0.2) is 41.0 Å². The van der Waals surface area contributed by atoms with E-state index < -0.39 is 0 Å². The van der Waals surface area contributed by atoms with E-state index in [-0.39, 0.29) is 12.1 Å². The second-order valence-electron chi connectivity index (χ2n) is 6.67. The molecule has 0 saturated carbocycles. The Hall–Kier alpha value is -2.94. The van der Waals surface area contributed by atoms with Gasteiger partial charge in [0.2, 0.25) is 0 Å². The molecule has 0 bridgehead atoms. The highest BCUT2D eigenvalue weighted by molar-refractivity contribution is 7.22. The fourth-order valence-electron chi connectivity index (χ4n) is 3.38. The summed E-state index contributed by atoms with van der Waals surface area (Å²) in [6, 6.07) is 10.4. The lowest BCUT2D eigenvalue weighted by molar-refractivity contribution is -0.126. The molecule has 3 aromatic heterocycles. The molecular formula is C23H23FN4O2S. The molecule has 0 radical (unpaired) electrons. The third kappa shape index (κ3) is 4.71. The number of thiophene rings is 1. The van der Waals surface area contributed by atoms with E-state index in [4.69, 9.17) is 9.47 Å². The van der Waals surface area contributed by atoms with Crippen molar-refractivity contribution in [2.75, 3.05) is 25.1 Å². The normalized spacial score (nSPS) is 11.4. The van der Waals surface area contributed by atoms with E-state index in [9.17, 15) is 4.39 Å². The van der Waals surface area contributed by atoms with E-state index in [2.05, 4.69) is 20.3 Å². The summed E-state index contributed by atoms with van der Waals surface area (Å²) in [6.45, 7) is 5.41. The van der Waals surface area contributed by atoms with Crippen molar-refractivity contribution in [3.05, 3.63) is 60.9 Å². The molecule has 1 N–H and O–H groups in total. The van der Waals surface area contributed by atoms with Crippen molar-refractivity contribution in [2.24, 2.45) is 0 Å². The molecule has 0 amide bonds. The summed E-state index contributed by atoms with van der Waals surface area (Å²) in [5.74, 6) is 0.407. The van der Waals surface area contributed by atoms with Crippen LogP contribution in [0.1, 0.15) is 13.8 Å². The molecule has 0 atom stereocenters. The quantitative estimate of drug-likeness (QED) is 0.354. The molecule has 160 valence electrons. The summed E-state index contributed by atoms with van der Waals surface area (Å²) in [4.78, 5) is 15.0. The van der Waals surface area contributed by atoms with Gasteiger partial charge >= 0.3 is 0 Å². The Morgan fingerprint density at radius 3 is 2.35 bits per heavy atom. The van der Waals surface area contributed by atoms with Crippen molar-refractivity contribution in [1.29, 1.82) is 0 Å². The molecule has 0 unspecified atom stereocenters. The average Bonchev–Trinajstić information content (AvgIpc) is 3.19. The zero-order valence-electron chi connectivity index (χ0n) is 17.3. The molecule has 0 fully saturated rings. The number of pyridine rings is 1. The second-order valence-corrected chi connectivity index (χ2v) is 7.67. The van der Waals surface area contributed by atoms with Crippen LogP contribution in [-0.2, 0) is 9.47 Å². The van der Waals surface area contributed by atoms with Gasteiger partial charge in [-0.05, 0) is 49.2 Å². The highest BCUT2D eigenvalue weighted by Crippen LogP contribution is 2.46. The SMILES string of the molecule is CCOC(CNc1ncnc2sc(-c3ccncc3)c(-c3ccc(F)cc3)c12)OCC. The lowest BCUT2D eigenvalue weighted by Crippen LogP contribution is -2.26. The molecule has 8 heteroatoms. The molecular weight excluding hydrogens is 415 g/mol. The number of nitrogens with zero attached hydrogens (tertiary/aromatic N) is 3. The van der Waals surface area contributed by atoms with E-state index in [1.165, 1.54) is 12.1 Å². The van der Waals surface area contributed by atoms with Crippen LogP contribution in [0.15, 0.2) is 55.1 Å². The number of ether oxygens (including phenoxy) is 2. The molecule has 1 aromatic carbocycles. The van der Waals surface area contributed by atoms with Gasteiger partial charge in [0.05, 0.1) is 11.9 Å². The fourth-order valence-corrected chi connectivity index (χ4v) is 4.55. The van der Waals surface area contributed by atoms with Gasteiger partial charge in [0, 0.05) is 36.0 Å². The molecule has 31 heavy (non-hydrogen) atoms. The van der Waals surface area contributed by atoms with Gasteiger partial charge in [-0.3, -0.25) is 4.98 Å². The van der Waals surface area contributed by atoms with E-state index in [1.54, 1.807) is 42.2 Å². The minimum atomic E-state index is -0.382. The zero-order chi connectivity index (χ0) is 21.6. The lowest BCUT2D eigenvalue weighted by atomic mass is 10.00. The van der Waals surface area contributed by atoms with Crippen molar-refractivity contribution < 1.29 is 13.9 Å². The lowest BCUT2D eigenvalue weighted by Gasteiger charge is -2.18. The summed E-state index contributed by atoms with van der Waals surface area (Å²) in [5, 5.41) is 4.25. The molecule has 4 aromatic rings. The molecule has 6 nitrogen and oxygen atoms in total. The first kappa shape index (κ1) is 21.3. The molecule has 0 aliphatic carbocycles. The first-order valence-electron chi connectivity index (χ1n) is 10.1. The van der Waals surface area contributed by atoms with Crippen molar-refractivity contribution in [3.63, 3.8) is 0 Å². The van der Waals surface area contributed by atoms with E-state index >= 15 is 0 Å². The number of benzene rings is 1. The van der Waals surface area contributed by atoms with Crippen molar-refractivity contribution in [1.82, 2.24) is 15.0 Å². The van der Waals surface area contributed by atoms with Gasteiger partial charge < -0.3 is 14.8 Å². The molecule has 0 saturated heterocycles. The van der Waals surface area contributed by atoms with Crippen LogP contribution in [0.4, 0.5) is 10.2 Å². The fraction of sp³-hybridized carbons (Fsp3) is 0.261. The minimum Gasteiger partial charge on any atom is -0.364 e.